The van der Waals surface area contributed by atoms with Crippen LogP contribution in [-0.4, -0.2) is 17.6 Å². The lowest BCUT2D eigenvalue weighted by atomic mass is 10.2. The number of nitrogens with one attached hydrogen (secondary N) is 1. The molecule has 0 atom stereocenters. The van der Waals surface area contributed by atoms with Crippen molar-refractivity contribution in [1.29, 1.82) is 0 Å². The fourth-order valence-electron chi connectivity index (χ4n) is 1.57. The number of rotatable bonds is 3. The second-order valence-corrected chi connectivity index (χ2v) is 4.44. The Kier molecular flexibility index (Phi) is 5.36. The molecule has 0 fully saturated rings. The van der Waals surface area contributed by atoms with E-state index in [1.165, 1.54) is 0 Å². The maximum Gasteiger partial charge on any atom is 0.408 e. The van der Waals surface area contributed by atoms with Gasteiger partial charge in [0.2, 0.25) is 0 Å². The van der Waals surface area contributed by atoms with Gasteiger partial charge in [0.15, 0.2) is 0 Å². The Labute approximate surface area is 124 Å². The van der Waals surface area contributed by atoms with E-state index >= 15 is 0 Å². The van der Waals surface area contributed by atoms with Gasteiger partial charge in [0, 0.05) is 6.20 Å². The molecule has 0 radical (unpaired) electrons. The van der Waals surface area contributed by atoms with Crippen LogP contribution in [0, 0.1) is 18.8 Å². The Balaban J connectivity index is 1.71. The molecule has 0 spiro atoms. The minimum Gasteiger partial charge on any atom is -0.445 e. The van der Waals surface area contributed by atoms with Crippen LogP contribution in [0.2, 0.25) is 0 Å². The summed E-state index contributed by atoms with van der Waals surface area (Å²) in [7, 11) is 0. The monoisotopic (exact) mass is 280 g/mol. The third-order valence-electron chi connectivity index (χ3n) is 2.66. The largest absolute Gasteiger partial charge is 0.445 e. The molecule has 0 aliphatic rings. The van der Waals surface area contributed by atoms with Crippen molar-refractivity contribution in [3.05, 3.63) is 65.5 Å². The zero-order valence-electron chi connectivity index (χ0n) is 11.8. The Morgan fingerprint density at radius 3 is 2.76 bits per heavy atom. The maximum atomic E-state index is 11.5. The van der Waals surface area contributed by atoms with Gasteiger partial charge >= 0.3 is 6.09 Å². The molecular formula is C17H16N2O2. The first-order valence-corrected chi connectivity index (χ1v) is 6.60. The summed E-state index contributed by atoms with van der Waals surface area (Å²) in [5, 5.41) is 2.57. The number of pyridine rings is 1. The van der Waals surface area contributed by atoms with Crippen molar-refractivity contribution < 1.29 is 9.53 Å². The predicted molar refractivity (Wildman–Crippen MR) is 80.5 cm³/mol. The van der Waals surface area contributed by atoms with E-state index in [0.29, 0.717) is 5.69 Å². The zero-order chi connectivity index (χ0) is 14.9. The molecule has 1 N–H and O–H groups in total. The summed E-state index contributed by atoms with van der Waals surface area (Å²) in [6, 6.07) is 13.3. The van der Waals surface area contributed by atoms with Gasteiger partial charge in [0.25, 0.3) is 0 Å². The Morgan fingerprint density at radius 2 is 2.05 bits per heavy atom. The van der Waals surface area contributed by atoms with E-state index in [9.17, 15) is 4.79 Å². The highest BCUT2D eigenvalue weighted by molar-refractivity contribution is 5.67. The molecule has 1 heterocycles. The molecule has 2 aromatic rings. The van der Waals surface area contributed by atoms with Gasteiger partial charge in [0.05, 0.1) is 6.54 Å². The Bertz CT molecular complexity index is 640. The number of hydrogen-bond acceptors (Lipinski definition) is 3. The van der Waals surface area contributed by atoms with Crippen LogP contribution in [0.15, 0.2) is 48.7 Å². The van der Waals surface area contributed by atoms with Crippen molar-refractivity contribution >= 4 is 6.09 Å². The van der Waals surface area contributed by atoms with Crippen molar-refractivity contribution in [2.24, 2.45) is 0 Å². The highest BCUT2D eigenvalue weighted by Crippen LogP contribution is 2.00. The van der Waals surface area contributed by atoms with Gasteiger partial charge < -0.3 is 10.1 Å². The number of ether oxygens (including phenoxy) is 1. The molecular weight excluding hydrogens is 264 g/mol. The lowest BCUT2D eigenvalue weighted by molar-refractivity contribution is 0.141. The van der Waals surface area contributed by atoms with Gasteiger partial charge in [0.1, 0.15) is 12.3 Å². The van der Waals surface area contributed by atoms with Gasteiger partial charge in [-0.1, -0.05) is 42.3 Å². The van der Waals surface area contributed by atoms with E-state index < -0.39 is 6.09 Å². The minimum atomic E-state index is -0.481. The first kappa shape index (κ1) is 14.6. The van der Waals surface area contributed by atoms with E-state index in [-0.39, 0.29) is 13.2 Å². The van der Waals surface area contributed by atoms with Gasteiger partial charge in [-0.15, -0.1) is 0 Å². The van der Waals surface area contributed by atoms with E-state index in [0.717, 1.165) is 11.1 Å². The van der Waals surface area contributed by atoms with Crippen molar-refractivity contribution in [3.63, 3.8) is 0 Å². The van der Waals surface area contributed by atoms with Gasteiger partial charge in [-0.05, 0) is 30.0 Å². The summed E-state index contributed by atoms with van der Waals surface area (Å²) >= 11 is 0. The van der Waals surface area contributed by atoms with E-state index in [1.807, 2.05) is 49.4 Å². The lowest BCUT2D eigenvalue weighted by Gasteiger charge is -2.04. The van der Waals surface area contributed by atoms with Crippen LogP contribution in [0.1, 0.15) is 16.8 Å². The van der Waals surface area contributed by atoms with E-state index in [2.05, 4.69) is 22.1 Å². The number of carbonyl (C=O) groups is 1. The summed E-state index contributed by atoms with van der Waals surface area (Å²) < 4.78 is 5.06. The average molecular weight is 280 g/mol. The predicted octanol–water partition coefficient (Wildman–Crippen LogP) is 2.67. The summed E-state index contributed by atoms with van der Waals surface area (Å²) in [6.07, 6.45) is 1.27. The van der Waals surface area contributed by atoms with Crippen LogP contribution in [0.3, 0.4) is 0 Å². The zero-order valence-corrected chi connectivity index (χ0v) is 11.8. The van der Waals surface area contributed by atoms with Gasteiger partial charge in [-0.2, -0.15) is 0 Å². The summed E-state index contributed by atoms with van der Waals surface area (Å²) in [5.41, 5.74) is 2.71. The number of amides is 1. The highest BCUT2D eigenvalue weighted by atomic mass is 16.5. The topological polar surface area (TPSA) is 51.2 Å². The highest BCUT2D eigenvalue weighted by Gasteiger charge is 2.00. The van der Waals surface area contributed by atoms with Crippen molar-refractivity contribution in [3.8, 4) is 11.8 Å². The number of alkyl carbamates (subject to hydrolysis) is 1. The average Bonchev–Trinajstić information content (AvgIpc) is 2.52. The van der Waals surface area contributed by atoms with Gasteiger partial charge in [-0.25, -0.2) is 9.78 Å². The number of benzene rings is 1. The van der Waals surface area contributed by atoms with Crippen LogP contribution in [0.4, 0.5) is 4.79 Å². The molecule has 4 nitrogen and oxygen atoms in total. The van der Waals surface area contributed by atoms with Crippen LogP contribution in [-0.2, 0) is 11.3 Å². The first-order valence-electron chi connectivity index (χ1n) is 6.60. The van der Waals surface area contributed by atoms with Crippen molar-refractivity contribution in [1.82, 2.24) is 10.3 Å². The summed E-state index contributed by atoms with van der Waals surface area (Å²) in [6.45, 7) is 2.44. The number of nitrogens with zero attached hydrogens (tertiary/aromatic N) is 1. The number of aromatic nitrogens is 1. The second kappa shape index (κ2) is 7.71. The van der Waals surface area contributed by atoms with Crippen LogP contribution < -0.4 is 5.32 Å². The van der Waals surface area contributed by atoms with E-state index in [1.54, 1.807) is 6.20 Å². The van der Waals surface area contributed by atoms with Crippen LogP contribution in [0.5, 0.6) is 0 Å². The SMILES string of the molecule is Cc1ccc(C#CCNC(=O)OCc2ccccc2)nc1. The molecule has 0 aliphatic carbocycles. The number of hydrogen-bond donors (Lipinski definition) is 1. The number of carbonyl (C=O) groups excluding carboxylic acids is 1. The molecule has 2 rings (SSSR count). The van der Waals surface area contributed by atoms with Crippen LogP contribution >= 0.6 is 0 Å². The molecule has 0 unspecified atom stereocenters. The normalized spacial score (nSPS) is 9.38. The van der Waals surface area contributed by atoms with Gasteiger partial charge in [-0.3, -0.25) is 0 Å². The molecule has 0 bridgehead atoms. The molecule has 1 aromatic carbocycles. The smallest absolute Gasteiger partial charge is 0.408 e. The summed E-state index contributed by atoms with van der Waals surface area (Å²) in [4.78, 5) is 15.6. The third-order valence-corrected chi connectivity index (χ3v) is 2.66. The fourth-order valence-corrected chi connectivity index (χ4v) is 1.57. The minimum absolute atomic E-state index is 0.225. The molecule has 4 heteroatoms. The number of aryl methyl sites for hydroxylation is 1. The molecule has 106 valence electrons. The van der Waals surface area contributed by atoms with Crippen molar-refractivity contribution in [2.75, 3.05) is 6.54 Å². The molecule has 0 aliphatic heterocycles. The molecule has 1 aromatic heterocycles. The molecule has 21 heavy (non-hydrogen) atoms. The fraction of sp³-hybridized carbons (Fsp3) is 0.176. The second-order valence-electron chi connectivity index (χ2n) is 4.44. The summed E-state index contributed by atoms with van der Waals surface area (Å²) in [5.74, 6) is 5.70. The van der Waals surface area contributed by atoms with E-state index in [4.69, 9.17) is 4.74 Å². The Morgan fingerprint density at radius 1 is 1.24 bits per heavy atom. The lowest BCUT2D eigenvalue weighted by Crippen LogP contribution is -2.24. The molecule has 0 saturated carbocycles. The van der Waals surface area contributed by atoms with Crippen molar-refractivity contribution in [2.45, 2.75) is 13.5 Å². The first-order chi connectivity index (χ1) is 10.2. The maximum absolute atomic E-state index is 11.5. The molecule has 0 saturated heterocycles. The standard InChI is InChI=1S/C17H16N2O2/c1-14-9-10-16(19-12-14)8-5-11-18-17(20)21-13-15-6-3-2-4-7-15/h2-4,6-7,9-10,12H,11,13H2,1H3,(H,18,20). The Hall–Kier alpha value is -2.80. The molecule has 1 amide bonds. The quantitative estimate of drug-likeness (QED) is 0.879. The van der Waals surface area contributed by atoms with Crippen LogP contribution in [0.25, 0.3) is 0 Å². The third kappa shape index (κ3) is 5.37.